The quantitative estimate of drug-likeness (QED) is 0.653. The molecule has 0 aromatic rings. The maximum absolute atomic E-state index is 12.8. The molecular formula is C18H30ClN3O4S. The summed E-state index contributed by atoms with van der Waals surface area (Å²) in [5, 5.41) is 0. The monoisotopic (exact) mass is 419 g/mol. The van der Waals surface area contributed by atoms with Crippen LogP contribution in [0.1, 0.15) is 45.4 Å². The number of amides is 2. The van der Waals surface area contributed by atoms with E-state index in [0.717, 1.165) is 36.6 Å². The first-order valence-electron chi connectivity index (χ1n) is 9.60. The van der Waals surface area contributed by atoms with Crippen LogP contribution >= 0.6 is 12.4 Å². The van der Waals surface area contributed by atoms with E-state index in [1.54, 1.807) is 11.0 Å². The summed E-state index contributed by atoms with van der Waals surface area (Å²) in [5.41, 5.74) is 0.474. The van der Waals surface area contributed by atoms with Gasteiger partial charge in [-0.1, -0.05) is 19.8 Å². The highest BCUT2D eigenvalue weighted by Crippen LogP contribution is 2.40. The molecule has 0 spiro atoms. The van der Waals surface area contributed by atoms with Crippen molar-refractivity contribution in [3.05, 3.63) is 11.8 Å². The molecule has 2 saturated heterocycles. The van der Waals surface area contributed by atoms with Gasteiger partial charge in [0.2, 0.25) is 21.8 Å². The summed E-state index contributed by atoms with van der Waals surface area (Å²) < 4.78 is 25.1. The lowest BCUT2D eigenvalue weighted by Crippen LogP contribution is -2.42. The molecule has 2 amide bonds. The molecule has 0 bridgehead atoms. The number of nitrogens with zero attached hydrogens (tertiary/aromatic N) is 3. The molecular weight excluding hydrogens is 390 g/mol. The Bertz CT molecular complexity index is 703. The van der Waals surface area contributed by atoms with Crippen LogP contribution in [0.3, 0.4) is 0 Å². The van der Waals surface area contributed by atoms with Gasteiger partial charge < -0.3 is 9.80 Å². The highest BCUT2D eigenvalue weighted by atomic mass is 35.5. The summed E-state index contributed by atoms with van der Waals surface area (Å²) in [6.45, 7) is 5.17. The highest BCUT2D eigenvalue weighted by Gasteiger charge is 2.53. The van der Waals surface area contributed by atoms with Gasteiger partial charge >= 0.3 is 0 Å². The van der Waals surface area contributed by atoms with Crippen molar-refractivity contribution in [2.45, 2.75) is 51.5 Å². The van der Waals surface area contributed by atoms with Gasteiger partial charge in [0.15, 0.2) is 0 Å². The van der Waals surface area contributed by atoms with Gasteiger partial charge in [-0.2, -0.15) is 0 Å². The Kier molecular flexibility index (Phi) is 7.33. The van der Waals surface area contributed by atoms with Crippen LogP contribution in [-0.4, -0.2) is 72.8 Å². The van der Waals surface area contributed by atoms with Crippen LogP contribution in [0.25, 0.3) is 0 Å². The molecule has 0 aliphatic carbocycles. The van der Waals surface area contributed by atoms with E-state index < -0.39 is 22.0 Å². The zero-order chi connectivity index (χ0) is 18.9. The third kappa shape index (κ3) is 4.49. The largest absolute Gasteiger partial charge is 0.329 e. The lowest BCUT2D eigenvalue weighted by molar-refractivity contribution is -0.134. The molecule has 3 aliphatic rings. The lowest BCUT2D eigenvalue weighted by atomic mass is 9.96. The number of hydrogen-bond donors (Lipinski definition) is 0. The molecule has 0 aromatic heterocycles. The molecule has 9 heteroatoms. The number of fused-ring (bicyclic) bond motifs is 1. The third-order valence-corrected chi connectivity index (χ3v) is 6.67. The van der Waals surface area contributed by atoms with Gasteiger partial charge in [-0.3, -0.25) is 9.59 Å². The summed E-state index contributed by atoms with van der Waals surface area (Å²) in [7, 11) is -3.67. The smallest absolute Gasteiger partial charge is 0.246 e. The van der Waals surface area contributed by atoms with Crippen LogP contribution < -0.4 is 0 Å². The predicted octanol–water partition coefficient (Wildman–Crippen LogP) is 1.60. The van der Waals surface area contributed by atoms with Crippen LogP contribution in [0.5, 0.6) is 0 Å². The SMILES string of the molecule is CCC[C@@H]1C(=O)N(S(C)(=O)=O)C2=CCN(C(=O)CCN3CCCCC3)[C@H]21.Cl. The first kappa shape index (κ1) is 22.2. The molecule has 0 aromatic carbocycles. The van der Waals surface area contributed by atoms with Crippen molar-refractivity contribution >= 4 is 34.2 Å². The minimum Gasteiger partial charge on any atom is -0.329 e. The number of likely N-dealkylation sites (tertiary alicyclic amines) is 1. The van der Waals surface area contributed by atoms with Crippen LogP contribution in [0.15, 0.2) is 11.8 Å². The molecule has 0 N–H and O–H groups in total. The number of rotatable bonds is 6. The number of carbonyl (C=O) groups excluding carboxylic acids is 2. The number of halogens is 1. The maximum Gasteiger partial charge on any atom is 0.246 e. The Morgan fingerprint density at radius 2 is 1.89 bits per heavy atom. The fourth-order valence-electron chi connectivity index (χ4n) is 4.41. The van der Waals surface area contributed by atoms with Crippen molar-refractivity contribution in [3.8, 4) is 0 Å². The maximum atomic E-state index is 12.8. The number of carbonyl (C=O) groups is 2. The first-order valence-corrected chi connectivity index (χ1v) is 11.5. The molecule has 2 fully saturated rings. The Morgan fingerprint density at radius 1 is 1.22 bits per heavy atom. The fraction of sp³-hybridized carbons (Fsp3) is 0.778. The van der Waals surface area contributed by atoms with E-state index in [-0.39, 0.29) is 24.2 Å². The average molecular weight is 420 g/mol. The zero-order valence-electron chi connectivity index (χ0n) is 16.1. The second-order valence-corrected chi connectivity index (χ2v) is 9.36. The molecule has 0 radical (unpaired) electrons. The van der Waals surface area contributed by atoms with Crippen molar-refractivity contribution < 1.29 is 18.0 Å². The Morgan fingerprint density at radius 3 is 2.48 bits per heavy atom. The van der Waals surface area contributed by atoms with E-state index >= 15 is 0 Å². The average Bonchev–Trinajstić information content (AvgIpc) is 3.12. The third-order valence-electron chi connectivity index (χ3n) is 5.61. The summed E-state index contributed by atoms with van der Waals surface area (Å²) in [4.78, 5) is 29.5. The molecule has 27 heavy (non-hydrogen) atoms. The molecule has 3 aliphatic heterocycles. The summed E-state index contributed by atoms with van der Waals surface area (Å²) in [5.74, 6) is -0.836. The van der Waals surface area contributed by atoms with Gasteiger partial charge in [-0.15, -0.1) is 12.4 Å². The van der Waals surface area contributed by atoms with Crippen molar-refractivity contribution in [1.82, 2.24) is 14.1 Å². The molecule has 7 nitrogen and oxygen atoms in total. The second kappa shape index (κ2) is 8.92. The van der Waals surface area contributed by atoms with Crippen molar-refractivity contribution in [3.63, 3.8) is 0 Å². The molecule has 0 saturated carbocycles. The summed E-state index contributed by atoms with van der Waals surface area (Å²) in [6.07, 6.45) is 8.19. The lowest BCUT2D eigenvalue weighted by Gasteiger charge is -2.30. The van der Waals surface area contributed by atoms with E-state index in [1.165, 1.54) is 19.3 Å². The minimum atomic E-state index is -3.67. The number of hydrogen-bond acceptors (Lipinski definition) is 5. The Balaban J connectivity index is 0.00000261. The second-order valence-electron chi connectivity index (χ2n) is 7.53. The molecule has 0 unspecified atom stereocenters. The van der Waals surface area contributed by atoms with Crippen molar-refractivity contribution in [2.75, 3.05) is 32.4 Å². The van der Waals surface area contributed by atoms with E-state index in [1.807, 2.05) is 6.92 Å². The van der Waals surface area contributed by atoms with Crippen LogP contribution in [0.4, 0.5) is 0 Å². The highest BCUT2D eigenvalue weighted by molar-refractivity contribution is 7.89. The van der Waals surface area contributed by atoms with E-state index in [9.17, 15) is 18.0 Å². The van der Waals surface area contributed by atoms with Crippen molar-refractivity contribution in [2.24, 2.45) is 5.92 Å². The zero-order valence-corrected chi connectivity index (χ0v) is 17.7. The van der Waals surface area contributed by atoms with E-state index in [0.29, 0.717) is 25.1 Å². The van der Waals surface area contributed by atoms with Gasteiger partial charge in [0.1, 0.15) is 0 Å². The normalized spacial score (nSPS) is 26.0. The molecule has 2 atom stereocenters. The van der Waals surface area contributed by atoms with Gasteiger partial charge in [0.05, 0.1) is 23.9 Å². The topological polar surface area (TPSA) is 78.0 Å². The Hall–Kier alpha value is -1.12. The molecule has 154 valence electrons. The molecule has 3 heterocycles. The predicted molar refractivity (Wildman–Crippen MR) is 106 cm³/mol. The summed E-state index contributed by atoms with van der Waals surface area (Å²) in [6, 6.07) is -0.425. The first-order chi connectivity index (χ1) is 12.3. The Labute approximate surface area is 168 Å². The van der Waals surface area contributed by atoms with Crippen LogP contribution in [0, 0.1) is 5.92 Å². The van der Waals surface area contributed by atoms with Crippen LogP contribution in [0.2, 0.25) is 0 Å². The van der Waals surface area contributed by atoms with Crippen LogP contribution in [-0.2, 0) is 19.6 Å². The number of sulfonamides is 1. The standard InChI is InChI=1S/C18H29N3O4S.ClH/c1-3-7-14-17-15(21(18(14)23)26(2,24)25)8-13-20(17)16(22)9-12-19-10-5-4-6-11-19;/h8,14,17H,3-7,9-13H2,1-2H3;1H/t14-,17-;/m0./s1. The van der Waals surface area contributed by atoms with Gasteiger partial charge in [-0.05, 0) is 38.4 Å². The van der Waals surface area contributed by atoms with Gasteiger partial charge in [0, 0.05) is 19.5 Å². The molecule has 3 rings (SSSR count). The number of piperidine rings is 1. The van der Waals surface area contributed by atoms with Gasteiger partial charge in [0.25, 0.3) is 0 Å². The van der Waals surface area contributed by atoms with Gasteiger partial charge in [-0.25, -0.2) is 12.7 Å². The van der Waals surface area contributed by atoms with Crippen molar-refractivity contribution in [1.29, 1.82) is 0 Å². The summed E-state index contributed by atoms with van der Waals surface area (Å²) >= 11 is 0. The van der Waals surface area contributed by atoms with E-state index in [2.05, 4.69) is 4.90 Å². The minimum absolute atomic E-state index is 0. The fourth-order valence-corrected chi connectivity index (χ4v) is 5.44. The van der Waals surface area contributed by atoms with E-state index in [4.69, 9.17) is 0 Å².